The van der Waals surface area contributed by atoms with E-state index in [1.165, 1.54) is 24.3 Å². The summed E-state index contributed by atoms with van der Waals surface area (Å²) in [5.41, 5.74) is -6.06. The zero-order valence-electron chi connectivity index (χ0n) is 14.5. The molecule has 0 amide bonds. The van der Waals surface area contributed by atoms with Gasteiger partial charge in [0.1, 0.15) is 0 Å². The summed E-state index contributed by atoms with van der Waals surface area (Å²) in [6.45, 7) is 0. The van der Waals surface area contributed by atoms with Crippen LogP contribution in [0, 0.1) is 0 Å². The second-order valence-electron chi connectivity index (χ2n) is 6.24. The lowest BCUT2D eigenvalue weighted by Gasteiger charge is -2.19. The van der Waals surface area contributed by atoms with Crippen molar-refractivity contribution in [1.29, 1.82) is 0 Å². The number of alkyl halides is 6. The van der Waals surface area contributed by atoms with E-state index in [-0.39, 0.29) is 17.1 Å². The molecule has 0 spiro atoms. The number of benzene rings is 2. The fourth-order valence-corrected chi connectivity index (χ4v) is 3.00. The van der Waals surface area contributed by atoms with Crippen molar-refractivity contribution in [1.82, 2.24) is 19.5 Å². The Bertz CT molecular complexity index is 1340. The van der Waals surface area contributed by atoms with Crippen molar-refractivity contribution < 1.29 is 26.3 Å². The van der Waals surface area contributed by atoms with Gasteiger partial charge in [0.15, 0.2) is 11.5 Å². The van der Waals surface area contributed by atoms with Gasteiger partial charge in [0.05, 0.1) is 22.2 Å². The van der Waals surface area contributed by atoms with Crippen molar-refractivity contribution in [2.75, 3.05) is 0 Å². The molecule has 0 fully saturated rings. The van der Waals surface area contributed by atoms with E-state index in [1.54, 1.807) is 0 Å². The molecule has 12 heteroatoms. The van der Waals surface area contributed by atoms with Crippen LogP contribution in [0.4, 0.5) is 26.3 Å². The molecule has 2 aromatic rings. The largest absolute Gasteiger partial charge is 0.416 e. The number of nitrogens with zero attached hydrogens (tertiary/aromatic N) is 3. The maximum Gasteiger partial charge on any atom is 0.416 e. The van der Waals surface area contributed by atoms with Crippen LogP contribution >= 0.6 is 0 Å². The third-order valence-corrected chi connectivity index (χ3v) is 4.25. The molecule has 2 heterocycles. The van der Waals surface area contributed by atoms with Crippen molar-refractivity contribution in [3.05, 3.63) is 74.4 Å². The number of para-hydroxylation sites is 2. The quantitative estimate of drug-likeness (QED) is 0.373. The molecule has 2 aliphatic heterocycles. The van der Waals surface area contributed by atoms with E-state index in [1.807, 2.05) is 4.98 Å². The smallest absolute Gasteiger partial charge is 0.291 e. The van der Waals surface area contributed by atoms with Crippen molar-refractivity contribution in [2.45, 2.75) is 12.4 Å². The summed E-state index contributed by atoms with van der Waals surface area (Å²) in [4.78, 5) is 33.3. The van der Waals surface area contributed by atoms with E-state index in [0.29, 0.717) is 12.1 Å². The summed E-state index contributed by atoms with van der Waals surface area (Å²) in [5.74, 6) is -0.477. The van der Waals surface area contributed by atoms with E-state index in [2.05, 4.69) is 9.97 Å². The second-order valence-corrected chi connectivity index (χ2v) is 6.24. The molecule has 0 radical (unpaired) electrons. The molecule has 0 saturated heterocycles. The van der Waals surface area contributed by atoms with Gasteiger partial charge in [-0.25, -0.2) is 9.78 Å². The Morgan fingerprint density at radius 3 is 2.03 bits per heavy atom. The third kappa shape index (κ3) is 3.29. The highest BCUT2D eigenvalue weighted by Gasteiger charge is 2.37. The lowest BCUT2D eigenvalue weighted by Crippen LogP contribution is -2.28. The van der Waals surface area contributed by atoms with E-state index >= 15 is 0 Å². The number of aromatic amines is 1. The van der Waals surface area contributed by atoms with Gasteiger partial charge in [0.2, 0.25) is 0 Å². The minimum absolute atomic E-state index is 0.0190. The maximum absolute atomic E-state index is 13.3. The highest BCUT2D eigenvalue weighted by Crippen LogP contribution is 2.38. The Morgan fingerprint density at radius 2 is 1.43 bits per heavy atom. The summed E-state index contributed by atoms with van der Waals surface area (Å²) in [6.07, 6.45) is -10.2. The molecular weight excluding hydrogens is 418 g/mol. The van der Waals surface area contributed by atoms with Gasteiger partial charge in [0, 0.05) is 5.69 Å². The van der Waals surface area contributed by atoms with Gasteiger partial charge in [0.25, 0.3) is 5.56 Å². The van der Waals surface area contributed by atoms with Crippen LogP contribution in [0.1, 0.15) is 11.1 Å². The Balaban J connectivity index is 2.20. The predicted octanol–water partition coefficient (Wildman–Crippen LogP) is 3.61. The molecule has 154 valence electrons. The third-order valence-electron chi connectivity index (χ3n) is 4.25. The van der Waals surface area contributed by atoms with Crippen molar-refractivity contribution in [3.63, 3.8) is 0 Å². The number of fused-ring (bicyclic) bond motifs is 2. The minimum Gasteiger partial charge on any atom is -0.291 e. The van der Waals surface area contributed by atoms with Gasteiger partial charge >= 0.3 is 18.0 Å². The first-order chi connectivity index (χ1) is 13.9. The number of H-pyrrole nitrogens is 1. The van der Waals surface area contributed by atoms with E-state index in [4.69, 9.17) is 0 Å². The first kappa shape index (κ1) is 19.6. The Morgan fingerprint density at radius 1 is 0.833 bits per heavy atom. The molecular formula is C18H8F6N4O2. The SMILES string of the molecule is O=c1nc2n(-c3cc(C(F)(F)F)cc(C(F)(F)F)c3)c3ccccc3nc-2c(=O)[nH]1. The summed E-state index contributed by atoms with van der Waals surface area (Å²) in [6, 6.07) is 6.70. The number of hydrogen-bond donors (Lipinski definition) is 1. The highest BCUT2D eigenvalue weighted by atomic mass is 19.4. The number of rotatable bonds is 1. The monoisotopic (exact) mass is 426 g/mol. The molecule has 0 saturated carbocycles. The minimum atomic E-state index is -5.08. The predicted molar refractivity (Wildman–Crippen MR) is 92.4 cm³/mol. The highest BCUT2D eigenvalue weighted by molar-refractivity contribution is 5.81. The molecule has 0 aliphatic carbocycles. The molecule has 0 unspecified atom stereocenters. The molecule has 0 bridgehead atoms. The zero-order chi connectivity index (χ0) is 21.8. The molecule has 0 aromatic heterocycles. The fourth-order valence-electron chi connectivity index (χ4n) is 3.00. The number of halogens is 6. The number of hydrogen-bond acceptors (Lipinski definition) is 4. The van der Waals surface area contributed by atoms with E-state index in [0.717, 1.165) is 4.57 Å². The van der Waals surface area contributed by atoms with Crippen LogP contribution in [0.3, 0.4) is 0 Å². The van der Waals surface area contributed by atoms with Gasteiger partial charge in [-0.05, 0) is 30.3 Å². The Hall–Kier alpha value is -3.70. The van der Waals surface area contributed by atoms with Crippen molar-refractivity contribution >= 4 is 11.0 Å². The lowest BCUT2D eigenvalue weighted by molar-refractivity contribution is -0.143. The Labute approximate surface area is 161 Å². The van der Waals surface area contributed by atoms with Gasteiger partial charge in [-0.3, -0.25) is 14.3 Å². The molecule has 2 aromatic carbocycles. The van der Waals surface area contributed by atoms with Gasteiger partial charge in [-0.1, -0.05) is 12.1 Å². The van der Waals surface area contributed by atoms with Gasteiger partial charge in [-0.2, -0.15) is 31.3 Å². The van der Waals surface area contributed by atoms with Crippen LogP contribution in [0.15, 0.2) is 52.1 Å². The summed E-state index contributed by atoms with van der Waals surface area (Å²) in [7, 11) is 0. The molecule has 2 aliphatic rings. The first-order valence-electron chi connectivity index (χ1n) is 8.17. The van der Waals surface area contributed by atoms with E-state index in [9.17, 15) is 35.9 Å². The van der Waals surface area contributed by atoms with Gasteiger partial charge in [-0.15, -0.1) is 0 Å². The average Bonchev–Trinajstić information content (AvgIpc) is 2.64. The van der Waals surface area contributed by atoms with Crippen molar-refractivity contribution in [3.8, 4) is 17.2 Å². The molecule has 6 nitrogen and oxygen atoms in total. The Kier molecular flexibility index (Phi) is 4.19. The molecule has 30 heavy (non-hydrogen) atoms. The van der Waals surface area contributed by atoms with Crippen LogP contribution in [-0.4, -0.2) is 19.5 Å². The van der Waals surface area contributed by atoms with Crippen LogP contribution in [-0.2, 0) is 12.4 Å². The summed E-state index contributed by atoms with van der Waals surface area (Å²) < 4.78 is 80.7. The van der Waals surface area contributed by atoms with Crippen LogP contribution in [0.5, 0.6) is 0 Å². The van der Waals surface area contributed by atoms with Crippen LogP contribution in [0.2, 0.25) is 0 Å². The normalized spacial score (nSPS) is 12.6. The second kappa shape index (κ2) is 6.40. The van der Waals surface area contributed by atoms with E-state index < -0.39 is 51.9 Å². The summed E-state index contributed by atoms with van der Waals surface area (Å²) in [5, 5.41) is 0. The number of nitrogens with one attached hydrogen (secondary N) is 1. The molecule has 0 atom stereocenters. The van der Waals surface area contributed by atoms with Crippen molar-refractivity contribution in [2.24, 2.45) is 0 Å². The number of aromatic nitrogens is 4. The maximum atomic E-state index is 13.3. The zero-order valence-corrected chi connectivity index (χ0v) is 14.5. The first-order valence-corrected chi connectivity index (χ1v) is 8.17. The molecule has 1 N–H and O–H groups in total. The topological polar surface area (TPSA) is 80.6 Å². The van der Waals surface area contributed by atoms with Crippen LogP contribution < -0.4 is 11.2 Å². The standard InChI is InChI=1S/C18H8F6N4O2/c19-17(20,21)8-5-9(18(22,23)24)7-10(6-8)28-12-4-2-1-3-11(12)25-13-14(28)26-16(30)27-15(13)29/h1-7H,(H,27,29,30). The van der Waals surface area contributed by atoms with Crippen LogP contribution in [0.25, 0.3) is 28.2 Å². The van der Waals surface area contributed by atoms with Gasteiger partial charge < -0.3 is 0 Å². The summed E-state index contributed by atoms with van der Waals surface area (Å²) >= 11 is 0. The average molecular weight is 426 g/mol. The fraction of sp³-hybridized carbons (Fsp3) is 0.111. The lowest BCUT2D eigenvalue weighted by atomic mass is 10.1. The molecule has 4 rings (SSSR count).